The van der Waals surface area contributed by atoms with E-state index < -0.39 is 11.9 Å². The molecule has 0 saturated carbocycles. The van der Waals surface area contributed by atoms with Crippen LogP contribution in [0.5, 0.6) is 0 Å². The number of benzene rings is 1. The summed E-state index contributed by atoms with van der Waals surface area (Å²) in [5.41, 5.74) is 3.03. The number of likely N-dealkylation sites (tertiary alicyclic amines) is 1. The number of nitrogens with zero attached hydrogens (tertiary/aromatic N) is 4. The van der Waals surface area contributed by atoms with E-state index in [1.165, 1.54) is 4.90 Å². The molecule has 1 amide bonds. The van der Waals surface area contributed by atoms with Crippen LogP contribution < -0.4 is 0 Å². The Bertz CT molecular complexity index is 891. The number of carboxylic acid groups (broad SMARTS) is 1. The van der Waals surface area contributed by atoms with Crippen molar-refractivity contribution in [1.29, 1.82) is 0 Å². The van der Waals surface area contributed by atoms with Crippen LogP contribution in [0.2, 0.25) is 0 Å². The van der Waals surface area contributed by atoms with Crippen LogP contribution in [0.4, 0.5) is 0 Å². The smallest absolute Gasteiger partial charge is 0.394 e. The fraction of sp³-hybridized carbons (Fsp3) is 0.550. The molecule has 2 atom stereocenters. The van der Waals surface area contributed by atoms with Gasteiger partial charge in [0.25, 0.3) is 0 Å². The minimum Gasteiger partial charge on any atom is -0.474 e. The molecule has 1 aromatic carbocycles. The van der Waals surface area contributed by atoms with Crippen molar-refractivity contribution in [2.24, 2.45) is 5.92 Å². The van der Waals surface area contributed by atoms with Crippen molar-refractivity contribution < 1.29 is 14.7 Å². The van der Waals surface area contributed by atoms with Crippen LogP contribution in [-0.2, 0) is 22.7 Å². The number of piperidine rings is 1. The third-order valence-corrected chi connectivity index (χ3v) is 5.95. The highest BCUT2D eigenvalue weighted by Gasteiger charge is 2.34. The van der Waals surface area contributed by atoms with E-state index in [4.69, 9.17) is 4.98 Å². The summed E-state index contributed by atoms with van der Waals surface area (Å²) in [5, 5.41) is 9.20. The summed E-state index contributed by atoms with van der Waals surface area (Å²) < 4.78 is 2.27. The summed E-state index contributed by atoms with van der Waals surface area (Å²) in [4.78, 5) is 32.2. The number of carboxylic acids is 1. The molecule has 1 fully saturated rings. The molecule has 1 saturated heterocycles. The molecule has 0 spiro atoms. The Labute approximate surface area is 158 Å². The average molecular weight is 370 g/mol. The van der Waals surface area contributed by atoms with Crippen molar-refractivity contribution in [2.45, 2.75) is 45.8 Å². The molecule has 1 N–H and O–H groups in total. The van der Waals surface area contributed by atoms with E-state index in [1.54, 1.807) is 0 Å². The molecular weight excluding hydrogens is 344 g/mol. The summed E-state index contributed by atoms with van der Waals surface area (Å²) in [5.74, 6) is -0.805. The maximum absolute atomic E-state index is 12.2. The van der Waals surface area contributed by atoms with Crippen LogP contribution in [0, 0.1) is 5.92 Å². The van der Waals surface area contributed by atoms with Gasteiger partial charge in [-0.05, 0) is 43.0 Å². The van der Waals surface area contributed by atoms with Gasteiger partial charge in [-0.2, -0.15) is 0 Å². The van der Waals surface area contributed by atoms with E-state index in [2.05, 4.69) is 29.4 Å². The number of carbonyl (C=O) groups is 2. The van der Waals surface area contributed by atoms with E-state index in [-0.39, 0.29) is 6.04 Å². The van der Waals surface area contributed by atoms with Gasteiger partial charge in [0.2, 0.25) is 0 Å². The monoisotopic (exact) mass is 370 g/mol. The molecular formula is C20H26N4O3. The molecule has 0 radical (unpaired) electrons. The van der Waals surface area contributed by atoms with Crippen molar-refractivity contribution in [3.05, 3.63) is 29.6 Å². The largest absolute Gasteiger partial charge is 0.474 e. The van der Waals surface area contributed by atoms with Gasteiger partial charge in [-0.3, -0.25) is 9.69 Å². The summed E-state index contributed by atoms with van der Waals surface area (Å²) in [6.07, 6.45) is 1.76. The number of carbonyl (C=O) groups excluding carboxylic acids is 1. The van der Waals surface area contributed by atoms with Crippen LogP contribution in [0.15, 0.2) is 18.2 Å². The number of imidazole rings is 1. The van der Waals surface area contributed by atoms with E-state index >= 15 is 0 Å². The lowest BCUT2D eigenvalue weighted by Gasteiger charge is -2.38. The lowest BCUT2D eigenvalue weighted by molar-refractivity contribution is -0.158. The standard InChI is InChI=1S/C20H26N4O3/c1-3-22-8-9-23-17-7-5-14(10-15(17)21-18(23)12-22)16-6-4-13(2)11-24(16)19(25)20(26)27/h5,7,10,13,16H,3-4,6,8-9,11-12H2,1-2H3,(H,26,27)/t13-,16?/m0/s1. The molecule has 27 heavy (non-hydrogen) atoms. The van der Waals surface area contributed by atoms with Gasteiger partial charge >= 0.3 is 11.9 Å². The third-order valence-electron chi connectivity index (χ3n) is 5.95. The van der Waals surface area contributed by atoms with Crippen molar-refractivity contribution in [3.63, 3.8) is 0 Å². The first-order valence-electron chi connectivity index (χ1n) is 9.73. The fourth-order valence-corrected chi connectivity index (χ4v) is 4.41. The zero-order chi connectivity index (χ0) is 19.1. The molecule has 1 unspecified atom stereocenters. The van der Waals surface area contributed by atoms with Crippen LogP contribution in [-0.4, -0.2) is 56.0 Å². The third kappa shape index (κ3) is 3.20. The Kier molecular flexibility index (Phi) is 4.63. The average Bonchev–Trinajstić information content (AvgIpc) is 3.03. The van der Waals surface area contributed by atoms with Crippen LogP contribution in [0.3, 0.4) is 0 Å². The molecule has 2 aromatic rings. The molecule has 0 aliphatic carbocycles. The van der Waals surface area contributed by atoms with Gasteiger partial charge in [0.15, 0.2) is 0 Å². The number of rotatable bonds is 2. The van der Waals surface area contributed by atoms with Crippen molar-refractivity contribution in [2.75, 3.05) is 19.6 Å². The molecule has 7 heteroatoms. The maximum atomic E-state index is 12.2. The molecule has 0 bridgehead atoms. The number of aromatic nitrogens is 2. The zero-order valence-electron chi connectivity index (χ0n) is 15.9. The highest BCUT2D eigenvalue weighted by molar-refractivity contribution is 6.31. The summed E-state index contributed by atoms with van der Waals surface area (Å²) in [6, 6.07) is 5.95. The van der Waals surface area contributed by atoms with E-state index in [9.17, 15) is 14.7 Å². The number of fused-ring (bicyclic) bond motifs is 3. The number of hydrogen-bond acceptors (Lipinski definition) is 4. The normalized spacial score (nSPS) is 23.4. The van der Waals surface area contributed by atoms with E-state index in [0.29, 0.717) is 12.5 Å². The van der Waals surface area contributed by atoms with Gasteiger partial charge in [-0.25, -0.2) is 9.78 Å². The number of likely N-dealkylation sites (N-methyl/N-ethyl adjacent to an activating group) is 1. The van der Waals surface area contributed by atoms with E-state index in [0.717, 1.165) is 61.4 Å². The topological polar surface area (TPSA) is 78.7 Å². The summed E-state index contributed by atoms with van der Waals surface area (Å²) in [7, 11) is 0. The molecule has 2 aliphatic rings. The molecule has 1 aromatic heterocycles. The Morgan fingerprint density at radius 1 is 1.26 bits per heavy atom. The molecule has 3 heterocycles. The maximum Gasteiger partial charge on any atom is 0.394 e. The number of hydrogen-bond donors (Lipinski definition) is 1. The lowest BCUT2D eigenvalue weighted by atomic mass is 9.89. The summed E-state index contributed by atoms with van der Waals surface area (Å²) in [6.45, 7) is 8.53. The summed E-state index contributed by atoms with van der Waals surface area (Å²) >= 11 is 0. The predicted molar refractivity (Wildman–Crippen MR) is 101 cm³/mol. The number of aliphatic carboxylic acids is 1. The first-order valence-corrected chi connectivity index (χ1v) is 9.73. The fourth-order valence-electron chi connectivity index (χ4n) is 4.41. The highest BCUT2D eigenvalue weighted by atomic mass is 16.4. The predicted octanol–water partition coefficient (Wildman–Crippen LogP) is 2.26. The Hall–Kier alpha value is -2.41. The van der Waals surface area contributed by atoms with Crippen molar-refractivity contribution >= 4 is 22.9 Å². The second-order valence-corrected chi connectivity index (χ2v) is 7.76. The zero-order valence-corrected chi connectivity index (χ0v) is 15.9. The molecule has 2 aliphatic heterocycles. The first kappa shape index (κ1) is 18.0. The van der Waals surface area contributed by atoms with Gasteiger partial charge in [0.1, 0.15) is 5.82 Å². The molecule has 4 rings (SSSR count). The molecule has 144 valence electrons. The Balaban J connectivity index is 1.68. The number of amides is 1. The van der Waals surface area contributed by atoms with Gasteiger partial charge < -0.3 is 14.6 Å². The quantitative estimate of drug-likeness (QED) is 0.821. The van der Waals surface area contributed by atoms with Gasteiger partial charge in [-0.15, -0.1) is 0 Å². The first-order chi connectivity index (χ1) is 13.0. The molecule has 7 nitrogen and oxygen atoms in total. The van der Waals surface area contributed by atoms with Gasteiger partial charge in [0.05, 0.1) is 23.6 Å². The van der Waals surface area contributed by atoms with Crippen LogP contribution in [0.25, 0.3) is 11.0 Å². The SMILES string of the molecule is CCN1CCn2c(nc3cc(C4CC[C@H](C)CN4C(=O)C(=O)O)ccc32)C1. The van der Waals surface area contributed by atoms with E-state index in [1.807, 2.05) is 12.1 Å². The second kappa shape index (κ2) is 6.96. The Morgan fingerprint density at radius 2 is 2.07 bits per heavy atom. The van der Waals surface area contributed by atoms with Crippen LogP contribution in [0.1, 0.15) is 44.1 Å². The lowest BCUT2D eigenvalue weighted by Crippen LogP contribution is -2.44. The van der Waals surface area contributed by atoms with Crippen molar-refractivity contribution in [3.8, 4) is 0 Å². The van der Waals surface area contributed by atoms with Crippen LogP contribution >= 0.6 is 0 Å². The Morgan fingerprint density at radius 3 is 2.81 bits per heavy atom. The minimum absolute atomic E-state index is 0.194. The van der Waals surface area contributed by atoms with Gasteiger partial charge in [-0.1, -0.05) is 19.9 Å². The van der Waals surface area contributed by atoms with Crippen molar-refractivity contribution in [1.82, 2.24) is 19.4 Å². The highest BCUT2D eigenvalue weighted by Crippen LogP contribution is 2.35. The van der Waals surface area contributed by atoms with Gasteiger partial charge in [0, 0.05) is 19.6 Å². The second-order valence-electron chi connectivity index (χ2n) is 7.76. The minimum atomic E-state index is -1.38.